The number of amides is 2. The molecule has 1 atom stereocenters. The van der Waals surface area contributed by atoms with Crippen LogP contribution in [0.3, 0.4) is 0 Å². The van der Waals surface area contributed by atoms with Crippen molar-refractivity contribution in [3.05, 3.63) is 64.7 Å². The molecule has 1 saturated heterocycles. The molecule has 2 amide bonds. The number of nitrogens with zero attached hydrogens (tertiary/aromatic N) is 2. The molecule has 2 aromatic rings. The molecule has 1 unspecified atom stereocenters. The van der Waals surface area contributed by atoms with Crippen molar-refractivity contribution in [3.8, 4) is 0 Å². The Morgan fingerprint density at radius 1 is 1.22 bits per heavy atom. The molecule has 6 nitrogen and oxygen atoms in total. The van der Waals surface area contributed by atoms with E-state index in [4.69, 9.17) is 5.11 Å². The minimum Gasteiger partial charge on any atom is -0.465 e. The summed E-state index contributed by atoms with van der Waals surface area (Å²) >= 11 is 0. The van der Waals surface area contributed by atoms with Gasteiger partial charge in [0.2, 0.25) is 0 Å². The lowest BCUT2D eigenvalue weighted by atomic mass is 10.1. The van der Waals surface area contributed by atoms with Crippen LogP contribution in [0.25, 0.3) is 0 Å². The summed E-state index contributed by atoms with van der Waals surface area (Å²) in [5, 5.41) is 12.5. The van der Waals surface area contributed by atoms with Crippen LogP contribution in [0.15, 0.2) is 42.5 Å². The van der Waals surface area contributed by atoms with Gasteiger partial charge in [0, 0.05) is 43.5 Å². The molecule has 0 bridgehead atoms. The van der Waals surface area contributed by atoms with Crippen LogP contribution in [-0.4, -0.2) is 46.0 Å². The highest BCUT2D eigenvalue weighted by Gasteiger charge is 2.29. The molecule has 2 aromatic carbocycles. The van der Waals surface area contributed by atoms with E-state index in [0.717, 1.165) is 28.8 Å². The van der Waals surface area contributed by atoms with E-state index >= 15 is 0 Å². The molecular weight excluding hydrogens is 342 g/mol. The third-order valence-corrected chi connectivity index (χ3v) is 5.31. The van der Waals surface area contributed by atoms with Crippen molar-refractivity contribution < 1.29 is 14.7 Å². The highest BCUT2D eigenvalue weighted by molar-refractivity contribution is 5.98. The Kier molecular flexibility index (Phi) is 4.48. The number of carbonyl (C=O) groups excluding carboxylic acids is 1. The second-order valence-electron chi connectivity index (χ2n) is 7.38. The van der Waals surface area contributed by atoms with E-state index in [9.17, 15) is 9.59 Å². The number of fused-ring (bicyclic) bond motifs is 1. The summed E-state index contributed by atoms with van der Waals surface area (Å²) in [5.41, 5.74) is 5.05. The van der Waals surface area contributed by atoms with Crippen LogP contribution in [-0.2, 0) is 13.1 Å². The second-order valence-corrected chi connectivity index (χ2v) is 7.38. The molecule has 140 valence electrons. The van der Waals surface area contributed by atoms with Crippen LogP contribution < -0.4 is 5.32 Å². The summed E-state index contributed by atoms with van der Waals surface area (Å²) in [6.07, 6.45) is -0.0763. The largest absolute Gasteiger partial charge is 0.465 e. The Morgan fingerprint density at radius 3 is 2.70 bits per heavy atom. The van der Waals surface area contributed by atoms with E-state index in [1.165, 1.54) is 10.5 Å². The van der Waals surface area contributed by atoms with E-state index in [0.29, 0.717) is 26.2 Å². The lowest BCUT2D eigenvalue weighted by molar-refractivity contribution is 0.0766. The van der Waals surface area contributed by atoms with E-state index < -0.39 is 6.09 Å². The Morgan fingerprint density at radius 2 is 2.00 bits per heavy atom. The smallest absolute Gasteiger partial charge is 0.407 e. The third-order valence-electron chi connectivity index (χ3n) is 5.31. The number of likely N-dealkylation sites (tertiary alicyclic amines) is 1. The molecule has 2 N–H and O–H groups in total. The predicted octanol–water partition coefficient (Wildman–Crippen LogP) is 3.32. The second kappa shape index (κ2) is 6.95. The fraction of sp³-hybridized carbons (Fsp3) is 0.333. The minimum atomic E-state index is -0.870. The van der Waals surface area contributed by atoms with Gasteiger partial charge in [-0.25, -0.2) is 4.79 Å². The fourth-order valence-corrected chi connectivity index (χ4v) is 3.80. The first kappa shape index (κ1) is 17.4. The number of anilines is 1. The Hall–Kier alpha value is -3.02. The van der Waals surface area contributed by atoms with Gasteiger partial charge in [0.15, 0.2) is 0 Å². The van der Waals surface area contributed by atoms with Gasteiger partial charge in [0.05, 0.1) is 0 Å². The van der Waals surface area contributed by atoms with E-state index in [-0.39, 0.29) is 11.9 Å². The standard InChI is InChI=1S/C21H23N3O3/c1-14-2-4-15(5-3-14)11-24-12-16-10-17(6-7-19(16)20(24)25)22-18-8-9-23(13-18)21(26)27/h2-7,10,18,22H,8-9,11-13H2,1H3,(H,26,27). The molecule has 2 aliphatic heterocycles. The van der Waals surface area contributed by atoms with Crippen LogP contribution in [0.1, 0.15) is 33.5 Å². The van der Waals surface area contributed by atoms with Gasteiger partial charge in [0.25, 0.3) is 5.91 Å². The molecule has 0 saturated carbocycles. The SMILES string of the molecule is Cc1ccc(CN2Cc3cc(NC4CCN(C(=O)O)C4)ccc3C2=O)cc1. The molecule has 0 aliphatic carbocycles. The molecule has 2 aliphatic rings. The number of carboxylic acid groups (broad SMARTS) is 1. The lowest BCUT2D eigenvalue weighted by Gasteiger charge is -2.16. The topological polar surface area (TPSA) is 72.9 Å². The maximum atomic E-state index is 12.7. The highest BCUT2D eigenvalue weighted by atomic mass is 16.4. The number of aryl methyl sites for hydroxylation is 1. The van der Waals surface area contributed by atoms with Gasteiger partial charge in [-0.15, -0.1) is 0 Å². The van der Waals surface area contributed by atoms with Crippen LogP contribution in [0, 0.1) is 6.92 Å². The summed E-state index contributed by atoms with van der Waals surface area (Å²) in [4.78, 5) is 27.0. The van der Waals surface area contributed by atoms with Gasteiger partial charge in [-0.05, 0) is 42.7 Å². The average molecular weight is 365 g/mol. The number of nitrogens with one attached hydrogen (secondary N) is 1. The van der Waals surface area contributed by atoms with Crippen LogP contribution in [0.4, 0.5) is 10.5 Å². The van der Waals surface area contributed by atoms with Crippen molar-refractivity contribution in [2.45, 2.75) is 32.5 Å². The normalized spacial score (nSPS) is 18.7. The van der Waals surface area contributed by atoms with Crippen LogP contribution in [0.5, 0.6) is 0 Å². The van der Waals surface area contributed by atoms with E-state index in [2.05, 4.69) is 36.5 Å². The van der Waals surface area contributed by atoms with E-state index in [1.54, 1.807) is 0 Å². The van der Waals surface area contributed by atoms with E-state index in [1.807, 2.05) is 23.1 Å². The predicted molar refractivity (Wildman–Crippen MR) is 103 cm³/mol. The highest BCUT2D eigenvalue weighted by Crippen LogP contribution is 2.28. The maximum absolute atomic E-state index is 12.7. The Balaban J connectivity index is 1.43. The summed E-state index contributed by atoms with van der Waals surface area (Å²) in [6.45, 7) is 4.30. The number of rotatable bonds is 4. The van der Waals surface area contributed by atoms with Crippen molar-refractivity contribution in [1.29, 1.82) is 0 Å². The summed E-state index contributed by atoms with van der Waals surface area (Å²) < 4.78 is 0. The van der Waals surface area contributed by atoms with Gasteiger partial charge in [-0.1, -0.05) is 29.8 Å². The first-order valence-corrected chi connectivity index (χ1v) is 9.22. The number of benzene rings is 2. The fourth-order valence-electron chi connectivity index (χ4n) is 3.80. The summed E-state index contributed by atoms with van der Waals surface area (Å²) in [7, 11) is 0. The molecular formula is C21H23N3O3. The minimum absolute atomic E-state index is 0.0649. The number of hydrogen-bond donors (Lipinski definition) is 2. The van der Waals surface area contributed by atoms with Crippen molar-refractivity contribution in [2.75, 3.05) is 18.4 Å². The van der Waals surface area contributed by atoms with Gasteiger partial charge in [-0.3, -0.25) is 4.79 Å². The van der Waals surface area contributed by atoms with Crippen LogP contribution in [0.2, 0.25) is 0 Å². The van der Waals surface area contributed by atoms with Gasteiger partial charge in [-0.2, -0.15) is 0 Å². The average Bonchev–Trinajstić information content (AvgIpc) is 3.22. The molecule has 1 fully saturated rings. The molecule has 6 heteroatoms. The quantitative estimate of drug-likeness (QED) is 0.872. The molecule has 4 rings (SSSR count). The maximum Gasteiger partial charge on any atom is 0.407 e. The zero-order valence-electron chi connectivity index (χ0n) is 15.3. The first-order chi connectivity index (χ1) is 13.0. The number of carbonyl (C=O) groups is 2. The Bertz CT molecular complexity index is 879. The van der Waals surface area contributed by atoms with Crippen molar-refractivity contribution >= 4 is 17.7 Å². The molecule has 0 aromatic heterocycles. The zero-order chi connectivity index (χ0) is 19.0. The lowest BCUT2D eigenvalue weighted by Crippen LogP contribution is -2.30. The van der Waals surface area contributed by atoms with Crippen molar-refractivity contribution in [2.24, 2.45) is 0 Å². The van der Waals surface area contributed by atoms with Crippen molar-refractivity contribution in [1.82, 2.24) is 9.80 Å². The summed E-state index contributed by atoms with van der Waals surface area (Å²) in [6, 6.07) is 14.2. The van der Waals surface area contributed by atoms with Gasteiger partial charge >= 0.3 is 6.09 Å². The van der Waals surface area contributed by atoms with Crippen LogP contribution >= 0.6 is 0 Å². The van der Waals surface area contributed by atoms with Gasteiger partial charge in [0.1, 0.15) is 0 Å². The number of hydrogen-bond acceptors (Lipinski definition) is 3. The summed E-state index contributed by atoms with van der Waals surface area (Å²) in [5.74, 6) is 0.0649. The monoisotopic (exact) mass is 365 g/mol. The van der Waals surface area contributed by atoms with Gasteiger partial charge < -0.3 is 20.2 Å². The molecule has 2 heterocycles. The van der Waals surface area contributed by atoms with Crippen molar-refractivity contribution in [3.63, 3.8) is 0 Å². The molecule has 0 spiro atoms. The molecule has 27 heavy (non-hydrogen) atoms. The molecule has 0 radical (unpaired) electrons. The first-order valence-electron chi connectivity index (χ1n) is 9.22. The third kappa shape index (κ3) is 3.60. The zero-order valence-corrected chi connectivity index (χ0v) is 15.3. The Labute approximate surface area is 158 Å².